The first-order valence-electron chi connectivity index (χ1n) is 4.60. The fourth-order valence-electron chi connectivity index (χ4n) is 0.541. The van der Waals surface area contributed by atoms with Crippen molar-refractivity contribution in [3.8, 4) is 0 Å². The van der Waals surface area contributed by atoms with Crippen LogP contribution in [-0.2, 0) is 9.47 Å². The first-order chi connectivity index (χ1) is 5.73. The quantitative estimate of drug-likeness (QED) is 0.625. The van der Waals surface area contributed by atoms with E-state index in [0.717, 1.165) is 0 Å². The van der Waals surface area contributed by atoms with Crippen LogP contribution in [0.15, 0.2) is 0 Å². The Morgan fingerprint density at radius 1 is 1.08 bits per heavy atom. The zero-order chi connectivity index (χ0) is 10.6. The summed E-state index contributed by atoms with van der Waals surface area (Å²) in [6.45, 7) is 11.5. The van der Waals surface area contributed by atoms with E-state index in [1.54, 1.807) is 13.8 Å². The molecule has 78 valence electrons. The van der Waals surface area contributed by atoms with E-state index in [4.69, 9.17) is 9.47 Å². The van der Waals surface area contributed by atoms with Gasteiger partial charge in [-0.3, -0.25) is 0 Å². The van der Waals surface area contributed by atoms with Crippen LogP contribution in [0.25, 0.3) is 0 Å². The second-order valence-corrected chi connectivity index (χ2v) is 4.54. The first kappa shape index (κ1) is 12.3. The van der Waals surface area contributed by atoms with Gasteiger partial charge < -0.3 is 9.47 Å². The highest BCUT2D eigenvalue weighted by molar-refractivity contribution is 5.60. The second-order valence-electron chi connectivity index (χ2n) is 4.54. The molecule has 0 aromatic carbocycles. The summed E-state index contributed by atoms with van der Waals surface area (Å²) in [4.78, 5) is 11.1. The number of carbonyl (C=O) groups excluding carboxylic acids is 1. The molecule has 0 fully saturated rings. The van der Waals surface area contributed by atoms with Gasteiger partial charge in [-0.05, 0) is 26.2 Å². The van der Waals surface area contributed by atoms with E-state index in [2.05, 4.69) is 0 Å². The van der Waals surface area contributed by atoms with Crippen LogP contribution in [0.3, 0.4) is 0 Å². The second kappa shape index (κ2) is 4.49. The lowest BCUT2D eigenvalue weighted by Crippen LogP contribution is -2.29. The van der Waals surface area contributed by atoms with Gasteiger partial charge >= 0.3 is 6.16 Å². The number of ether oxygens (including phenoxy) is 2. The van der Waals surface area contributed by atoms with E-state index < -0.39 is 6.16 Å². The highest BCUT2D eigenvalue weighted by atomic mass is 16.7. The Hall–Kier alpha value is -0.730. The summed E-state index contributed by atoms with van der Waals surface area (Å²) in [5.74, 6) is 0. The van der Waals surface area contributed by atoms with E-state index >= 15 is 0 Å². The van der Waals surface area contributed by atoms with Crippen LogP contribution in [0.4, 0.5) is 4.79 Å². The highest BCUT2D eigenvalue weighted by Crippen LogP contribution is 2.22. The van der Waals surface area contributed by atoms with Crippen molar-refractivity contribution in [2.75, 3.05) is 0 Å². The lowest BCUT2D eigenvalue weighted by molar-refractivity contribution is -0.0202. The molecule has 1 atom stereocenters. The SMILES string of the molecule is CC(C)OC(=O)OC(C)C(C)(C)C. The third-order valence-corrected chi connectivity index (χ3v) is 1.82. The van der Waals surface area contributed by atoms with Gasteiger partial charge in [-0.25, -0.2) is 4.79 Å². The van der Waals surface area contributed by atoms with Crippen LogP contribution < -0.4 is 0 Å². The van der Waals surface area contributed by atoms with Crippen molar-refractivity contribution in [1.82, 2.24) is 0 Å². The molecule has 1 unspecified atom stereocenters. The minimum atomic E-state index is -0.586. The number of carbonyl (C=O) groups is 1. The Labute approximate surface area is 80.4 Å². The lowest BCUT2D eigenvalue weighted by Gasteiger charge is -2.26. The average molecular weight is 188 g/mol. The number of hydrogen-bond acceptors (Lipinski definition) is 3. The van der Waals surface area contributed by atoms with E-state index in [1.165, 1.54) is 0 Å². The number of hydrogen-bond donors (Lipinski definition) is 0. The van der Waals surface area contributed by atoms with Crippen LogP contribution in [0.5, 0.6) is 0 Å². The molecule has 0 aliphatic heterocycles. The van der Waals surface area contributed by atoms with Crippen LogP contribution in [0.2, 0.25) is 0 Å². The standard InChI is InChI=1S/C10H20O3/c1-7(2)12-9(11)13-8(3)10(4,5)6/h7-8H,1-6H3. The summed E-state index contributed by atoms with van der Waals surface area (Å²) >= 11 is 0. The summed E-state index contributed by atoms with van der Waals surface area (Å²) < 4.78 is 9.92. The molecule has 0 radical (unpaired) electrons. The summed E-state index contributed by atoms with van der Waals surface area (Å²) in [5.41, 5.74) is -0.0456. The molecular weight excluding hydrogens is 168 g/mol. The molecule has 13 heavy (non-hydrogen) atoms. The molecule has 0 aliphatic carbocycles. The molecule has 0 aromatic rings. The van der Waals surface area contributed by atoms with Gasteiger partial charge in [0, 0.05) is 0 Å². The van der Waals surface area contributed by atoms with Gasteiger partial charge in [0.2, 0.25) is 0 Å². The first-order valence-corrected chi connectivity index (χ1v) is 4.60. The zero-order valence-corrected chi connectivity index (χ0v) is 9.38. The van der Waals surface area contributed by atoms with Crippen molar-refractivity contribution in [3.63, 3.8) is 0 Å². The summed E-state index contributed by atoms with van der Waals surface area (Å²) in [6.07, 6.45) is -0.851. The van der Waals surface area contributed by atoms with Gasteiger partial charge in [0.05, 0.1) is 6.10 Å². The fraction of sp³-hybridized carbons (Fsp3) is 0.900. The monoisotopic (exact) mass is 188 g/mol. The Morgan fingerprint density at radius 3 is 1.85 bits per heavy atom. The normalized spacial score (nSPS) is 14.1. The van der Waals surface area contributed by atoms with Gasteiger partial charge in [-0.2, -0.15) is 0 Å². The van der Waals surface area contributed by atoms with Crippen LogP contribution in [0, 0.1) is 5.41 Å². The minimum Gasteiger partial charge on any atom is -0.432 e. The van der Waals surface area contributed by atoms with Gasteiger partial charge in [0.15, 0.2) is 0 Å². The Balaban J connectivity index is 3.93. The molecule has 0 aliphatic rings. The van der Waals surface area contributed by atoms with Crippen molar-refractivity contribution in [2.24, 2.45) is 5.41 Å². The fourth-order valence-corrected chi connectivity index (χ4v) is 0.541. The van der Waals surface area contributed by atoms with E-state index in [-0.39, 0.29) is 17.6 Å². The Morgan fingerprint density at radius 2 is 1.54 bits per heavy atom. The molecular formula is C10H20O3. The third kappa shape index (κ3) is 5.50. The van der Waals surface area contributed by atoms with E-state index in [0.29, 0.717) is 0 Å². The van der Waals surface area contributed by atoms with Crippen LogP contribution >= 0.6 is 0 Å². The molecule has 3 heteroatoms. The third-order valence-electron chi connectivity index (χ3n) is 1.82. The van der Waals surface area contributed by atoms with Crippen molar-refractivity contribution in [1.29, 1.82) is 0 Å². The van der Waals surface area contributed by atoms with E-state index in [1.807, 2.05) is 27.7 Å². The maximum Gasteiger partial charge on any atom is 0.508 e. The Kier molecular flexibility index (Phi) is 4.24. The van der Waals surface area contributed by atoms with E-state index in [9.17, 15) is 4.79 Å². The van der Waals surface area contributed by atoms with Crippen LogP contribution in [-0.4, -0.2) is 18.4 Å². The number of rotatable bonds is 2. The zero-order valence-electron chi connectivity index (χ0n) is 9.38. The molecule has 0 amide bonds. The maximum absolute atomic E-state index is 11.1. The lowest BCUT2D eigenvalue weighted by atomic mass is 9.90. The van der Waals surface area contributed by atoms with Crippen molar-refractivity contribution in [2.45, 2.75) is 53.8 Å². The largest absolute Gasteiger partial charge is 0.508 e. The molecule has 3 nitrogen and oxygen atoms in total. The van der Waals surface area contributed by atoms with Crippen molar-refractivity contribution in [3.05, 3.63) is 0 Å². The predicted octanol–water partition coefficient (Wildman–Crippen LogP) is 2.98. The van der Waals surface area contributed by atoms with Crippen molar-refractivity contribution < 1.29 is 14.3 Å². The average Bonchev–Trinajstić information content (AvgIpc) is 1.82. The highest BCUT2D eigenvalue weighted by Gasteiger charge is 2.24. The topological polar surface area (TPSA) is 35.5 Å². The maximum atomic E-state index is 11.1. The van der Waals surface area contributed by atoms with Gasteiger partial charge in [-0.1, -0.05) is 20.8 Å². The van der Waals surface area contributed by atoms with Gasteiger partial charge in [-0.15, -0.1) is 0 Å². The molecule has 0 saturated heterocycles. The predicted molar refractivity (Wildman–Crippen MR) is 51.6 cm³/mol. The minimum absolute atomic E-state index is 0.0456. The Bertz CT molecular complexity index is 167. The van der Waals surface area contributed by atoms with Crippen molar-refractivity contribution >= 4 is 6.16 Å². The molecule has 0 rings (SSSR count). The molecule has 0 heterocycles. The molecule has 0 spiro atoms. The summed E-state index contributed by atoms with van der Waals surface area (Å²) in [7, 11) is 0. The summed E-state index contributed by atoms with van der Waals surface area (Å²) in [5, 5.41) is 0. The van der Waals surface area contributed by atoms with Gasteiger partial charge in [0.25, 0.3) is 0 Å². The molecule has 0 aromatic heterocycles. The molecule has 0 N–H and O–H groups in total. The molecule has 0 saturated carbocycles. The van der Waals surface area contributed by atoms with Gasteiger partial charge in [0.1, 0.15) is 6.10 Å². The summed E-state index contributed by atoms with van der Waals surface area (Å²) in [6, 6.07) is 0. The smallest absolute Gasteiger partial charge is 0.432 e. The molecule has 0 bridgehead atoms. The van der Waals surface area contributed by atoms with Crippen LogP contribution in [0.1, 0.15) is 41.5 Å².